The van der Waals surface area contributed by atoms with Crippen LogP contribution < -0.4 is 0 Å². The summed E-state index contributed by atoms with van der Waals surface area (Å²) in [7, 11) is 6.43. The predicted octanol–water partition coefficient (Wildman–Crippen LogP) is 3.64. The molecule has 1 unspecified atom stereocenters. The van der Waals surface area contributed by atoms with Crippen LogP contribution in [0.5, 0.6) is 0 Å². The molecule has 1 N–H and O–H groups in total. The average Bonchev–Trinajstić information content (AvgIpc) is 3.51. The quantitative estimate of drug-likeness (QED) is 0.594. The van der Waals surface area contributed by atoms with Gasteiger partial charge in [-0.3, -0.25) is 0 Å². The molecule has 2 aromatic rings. The van der Waals surface area contributed by atoms with Crippen molar-refractivity contribution < 1.29 is 14.6 Å². The maximum atomic E-state index is 13.3. The fraction of sp³-hybridized carbons (Fsp3) is 0.609. The molecule has 2 aliphatic carbocycles. The zero-order valence-electron chi connectivity index (χ0n) is 18.0. The van der Waals surface area contributed by atoms with Crippen molar-refractivity contribution in [3.8, 4) is 0 Å². The van der Waals surface area contributed by atoms with Crippen molar-refractivity contribution in [2.45, 2.75) is 43.4 Å². The Morgan fingerprint density at radius 2 is 1.80 bits per heavy atom. The van der Waals surface area contributed by atoms with Crippen LogP contribution in [0.15, 0.2) is 35.0 Å². The van der Waals surface area contributed by atoms with Gasteiger partial charge in [0.05, 0.1) is 9.75 Å². The lowest BCUT2D eigenvalue weighted by Gasteiger charge is -2.31. The lowest BCUT2D eigenvalue weighted by molar-refractivity contribution is -0.170. The summed E-state index contributed by atoms with van der Waals surface area (Å²) >= 11 is 2.78. The van der Waals surface area contributed by atoms with E-state index in [0.29, 0.717) is 27.6 Å². The molecule has 30 heavy (non-hydrogen) atoms. The molecular weight excluding hydrogens is 416 g/mol. The van der Waals surface area contributed by atoms with Crippen LogP contribution in [0.2, 0.25) is 0 Å². The van der Waals surface area contributed by atoms with E-state index >= 15 is 0 Å². The fourth-order valence-electron chi connectivity index (χ4n) is 5.36. The highest BCUT2D eigenvalue weighted by molar-refractivity contribution is 7.12. The Kier molecular flexibility index (Phi) is 6.65. The number of aliphatic hydroxyl groups is 1. The van der Waals surface area contributed by atoms with Gasteiger partial charge in [0.1, 0.15) is 6.10 Å². The van der Waals surface area contributed by atoms with Crippen LogP contribution in [0, 0.1) is 11.8 Å². The summed E-state index contributed by atoms with van der Waals surface area (Å²) in [5, 5.41) is 15.3. The van der Waals surface area contributed by atoms with Gasteiger partial charge in [-0.2, -0.15) is 0 Å². The number of carbonyl (C=O) groups is 1. The van der Waals surface area contributed by atoms with Crippen molar-refractivity contribution in [2.24, 2.45) is 11.8 Å². The van der Waals surface area contributed by atoms with Gasteiger partial charge in [-0.1, -0.05) is 12.1 Å². The minimum atomic E-state index is -1.71. The number of fused-ring (bicyclic) bond motifs is 2. The first kappa shape index (κ1) is 22.0. The van der Waals surface area contributed by atoms with E-state index in [4.69, 9.17) is 4.74 Å². The zero-order valence-corrected chi connectivity index (χ0v) is 19.6. The van der Waals surface area contributed by atoms with Crippen LogP contribution in [0.4, 0.5) is 0 Å². The van der Waals surface area contributed by atoms with Crippen LogP contribution >= 0.6 is 22.7 Å². The van der Waals surface area contributed by atoms with Gasteiger partial charge >= 0.3 is 5.97 Å². The van der Waals surface area contributed by atoms with Crippen LogP contribution in [-0.2, 0) is 15.1 Å². The monoisotopic (exact) mass is 448 g/mol. The summed E-state index contributed by atoms with van der Waals surface area (Å²) in [6.45, 7) is 2.14. The Balaban J connectivity index is 1.46. The van der Waals surface area contributed by atoms with Gasteiger partial charge < -0.3 is 19.6 Å². The topological polar surface area (TPSA) is 53.0 Å². The van der Waals surface area contributed by atoms with Crippen LogP contribution in [0.3, 0.4) is 0 Å². The lowest BCUT2D eigenvalue weighted by Crippen LogP contribution is -2.42. The number of esters is 1. The van der Waals surface area contributed by atoms with E-state index in [1.54, 1.807) is 0 Å². The lowest BCUT2D eigenvalue weighted by atomic mass is 9.96. The highest BCUT2D eigenvalue weighted by atomic mass is 32.1. The SMILES string of the molecule is CN(C)CCCN(C)C1[C@H]2CC[C@@H]1[C@H](OC(=O)C(O)(c1cccs1)c1cccs1)C2. The summed E-state index contributed by atoms with van der Waals surface area (Å²) in [6.07, 6.45) is 4.25. The molecule has 2 bridgehead atoms. The molecule has 4 atom stereocenters. The van der Waals surface area contributed by atoms with E-state index in [2.05, 4.69) is 30.9 Å². The molecule has 0 saturated heterocycles. The van der Waals surface area contributed by atoms with Gasteiger partial charge in [0, 0.05) is 12.0 Å². The third kappa shape index (κ3) is 4.10. The van der Waals surface area contributed by atoms with Crippen molar-refractivity contribution in [1.82, 2.24) is 9.80 Å². The molecule has 4 rings (SSSR count). The Bertz CT molecular complexity index is 787. The highest BCUT2D eigenvalue weighted by Gasteiger charge is 2.53. The first-order chi connectivity index (χ1) is 14.4. The van der Waals surface area contributed by atoms with Crippen molar-refractivity contribution in [3.63, 3.8) is 0 Å². The molecule has 7 heteroatoms. The summed E-state index contributed by atoms with van der Waals surface area (Å²) in [5.74, 6) is 0.409. The third-order valence-electron chi connectivity index (χ3n) is 6.74. The second-order valence-electron chi connectivity index (χ2n) is 8.97. The zero-order chi connectivity index (χ0) is 21.3. The number of hydrogen-bond donors (Lipinski definition) is 1. The van der Waals surface area contributed by atoms with Gasteiger partial charge in [0.15, 0.2) is 0 Å². The summed E-state index contributed by atoms with van der Waals surface area (Å²) in [4.78, 5) is 19.3. The fourth-order valence-corrected chi connectivity index (χ4v) is 7.07. The summed E-state index contributed by atoms with van der Waals surface area (Å²) in [6, 6.07) is 7.83. The minimum absolute atomic E-state index is 0.107. The third-order valence-corrected chi connectivity index (χ3v) is 8.70. The van der Waals surface area contributed by atoms with Crippen molar-refractivity contribution >= 4 is 28.6 Å². The van der Waals surface area contributed by atoms with E-state index in [-0.39, 0.29) is 6.10 Å². The minimum Gasteiger partial charge on any atom is -0.459 e. The molecule has 5 nitrogen and oxygen atoms in total. The maximum Gasteiger partial charge on any atom is 0.349 e. The Labute approximate surface area is 187 Å². The second-order valence-corrected chi connectivity index (χ2v) is 10.9. The smallest absolute Gasteiger partial charge is 0.349 e. The van der Waals surface area contributed by atoms with Gasteiger partial charge in [0.25, 0.3) is 0 Å². The van der Waals surface area contributed by atoms with Crippen molar-refractivity contribution in [2.75, 3.05) is 34.2 Å². The molecule has 0 amide bonds. The molecule has 2 fully saturated rings. The molecule has 164 valence electrons. The molecule has 2 saturated carbocycles. The normalized spacial score (nSPS) is 26.1. The second kappa shape index (κ2) is 9.09. The van der Waals surface area contributed by atoms with Crippen LogP contribution in [-0.4, -0.2) is 67.3 Å². The van der Waals surface area contributed by atoms with Gasteiger partial charge in [0.2, 0.25) is 5.60 Å². The number of carbonyl (C=O) groups excluding carboxylic acids is 1. The molecule has 2 heterocycles. The highest BCUT2D eigenvalue weighted by Crippen LogP contribution is 2.49. The molecule has 0 aromatic carbocycles. The first-order valence-corrected chi connectivity index (χ1v) is 12.5. The van der Waals surface area contributed by atoms with Crippen LogP contribution in [0.1, 0.15) is 35.4 Å². The Morgan fingerprint density at radius 3 is 2.37 bits per heavy atom. The summed E-state index contributed by atoms with van der Waals surface area (Å²) < 4.78 is 6.07. The molecular formula is C23H32N2O3S2. The van der Waals surface area contributed by atoms with Gasteiger partial charge in [-0.25, -0.2) is 4.79 Å². The number of ether oxygens (including phenoxy) is 1. The largest absolute Gasteiger partial charge is 0.459 e. The number of nitrogens with zero attached hydrogens (tertiary/aromatic N) is 2. The number of thiophene rings is 2. The van der Waals surface area contributed by atoms with Crippen LogP contribution in [0.25, 0.3) is 0 Å². The average molecular weight is 449 g/mol. The number of rotatable bonds is 9. The maximum absolute atomic E-state index is 13.3. The van der Waals surface area contributed by atoms with E-state index in [9.17, 15) is 9.90 Å². The van der Waals surface area contributed by atoms with Crippen molar-refractivity contribution in [3.05, 3.63) is 44.8 Å². The van der Waals surface area contributed by atoms with E-state index < -0.39 is 11.6 Å². The molecule has 0 spiro atoms. The Hall–Kier alpha value is -1.25. The standard InChI is InChI=1S/C23H32N2O3S2/c1-24(2)11-6-12-25(3)21-16-9-10-17(21)18(15-16)28-22(26)23(27,19-7-4-13-29-19)20-8-5-14-30-20/h4-5,7-8,13-14,16-18,21,27H,6,9-12,15H2,1-3H3/t16-,17+,18+,21?/m0/s1. The predicted molar refractivity (Wildman–Crippen MR) is 122 cm³/mol. The van der Waals surface area contributed by atoms with E-state index in [0.717, 1.165) is 32.4 Å². The van der Waals surface area contributed by atoms with Gasteiger partial charge in [-0.05, 0) is 88.7 Å². The molecule has 0 radical (unpaired) electrons. The van der Waals surface area contributed by atoms with Crippen molar-refractivity contribution in [1.29, 1.82) is 0 Å². The van der Waals surface area contributed by atoms with E-state index in [1.165, 1.54) is 29.1 Å². The molecule has 0 aliphatic heterocycles. The molecule has 2 aliphatic rings. The summed E-state index contributed by atoms with van der Waals surface area (Å²) in [5.41, 5.74) is -1.71. The first-order valence-electron chi connectivity index (χ1n) is 10.8. The van der Waals surface area contributed by atoms with E-state index in [1.807, 2.05) is 35.0 Å². The van der Waals surface area contributed by atoms with Gasteiger partial charge in [-0.15, -0.1) is 22.7 Å². The number of hydrogen-bond acceptors (Lipinski definition) is 7. The molecule has 2 aromatic heterocycles. The Morgan fingerprint density at radius 1 is 1.13 bits per heavy atom.